The molecule has 1 aliphatic rings. The first-order valence-corrected chi connectivity index (χ1v) is 2.65. The molecule has 0 aromatic carbocycles. The van der Waals surface area contributed by atoms with E-state index < -0.39 is 0 Å². The Balaban J connectivity index is 2.74. The van der Waals surface area contributed by atoms with Crippen LogP contribution in [-0.4, -0.2) is 13.3 Å². The molecule has 0 spiro atoms. The van der Waals surface area contributed by atoms with Gasteiger partial charge in [0.2, 0.25) is 6.23 Å². The molecule has 0 radical (unpaired) electrons. The lowest BCUT2D eigenvalue weighted by Crippen LogP contribution is -2.15. The van der Waals surface area contributed by atoms with E-state index in [0.717, 1.165) is 5.70 Å². The van der Waals surface area contributed by atoms with E-state index in [1.165, 1.54) is 0 Å². The Morgan fingerprint density at radius 1 is 1.67 bits per heavy atom. The molecule has 4 nitrogen and oxygen atoms in total. The van der Waals surface area contributed by atoms with Gasteiger partial charge in [0.1, 0.15) is 0 Å². The number of hydrogen-bond acceptors (Lipinski definition) is 4. The molecule has 0 bridgehead atoms. The van der Waals surface area contributed by atoms with Crippen molar-refractivity contribution in [1.82, 2.24) is 0 Å². The molecule has 1 unspecified atom stereocenters. The molecule has 50 valence electrons. The summed E-state index contributed by atoms with van der Waals surface area (Å²) in [5, 5.41) is 7.44. The third kappa shape index (κ3) is 0.929. The van der Waals surface area contributed by atoms with E-state index in [0.29, 0.717) is 5.70 Å². The molecule has 0 aromatic heterocycles. The van der Waals surface area contributed by atoms with Crippen LogP contribution in [0.2, 0.25) is 0 Å². The smallest absolute Gasteiger partial charge is 0.210 e. The summed E-state index contributed by atoms with van der Waals surface area (Å²) in [4.78, 5) is 0. The summed E-state index contributed by atoms with van der Waals surface area (Å²) in [5.41, 5.74) is 6.86. The van der Waals surface area contributed by atoms with Gasteiger partial charge in [-0.3, -0.25) is 0 Å². The Kier molecular flexibility index (Phi) is 1.48. The molecule has 4 heteroatoms. The topological polar surface area (TPSA) is 60.0 Å². The second-order valence-electron chi connectivity index (χ2n) is 1.84. The standard InChI is InChI=1S/C5H9N3O/c1-3-4(6)5(9-2)8-7-3/h5H,6H2,1-2H3. The maximum Gasteiger partial charge on any atom is 0.210 e. The van der Waals surface area contributed by atoms with Crippen molar-refractivity contribution in [2.75, 3.05) is 7.11 Å². The Labute approximate surface area is 53.4 Å². The highest BCUT2D eigenvalue weighted by atomic mass is 16.5. The van der Waals surface area contributed by atoms with Crippen molar-refractivity contribution in [3.8, 4) is 0 Å². The first-order chi connectivity index (χ1) is 4.25. The normalized spacial score (nSPS) is 25.8. The van der Waals surface area contributed by atoms with Crippen molar-refractivity contribution in [2.24, 2.45) is 16.0 Å². The average Bonchev–Trinajstić information content (AvgIpc) is 2.15. The summed E-state index contributed by atoms with van der Waals surface area (Å²) < 4.78 is 4.85. The summed E-state index contributed by atoms with van der Waals surface area (Å²) in [6.45, 7) is 1.80. The van der Waals surface area contributed by atoms with Crippen LogP contribution in [0.4, 0.5) is 0 Å². The lowest BCUT2D eigenvalue weighted by atomic mass is 10.3. The lowest BCUT2D eigenvalue weighted by Gasteiger charge is -2.02. The fourth-order valence-corrected chi connectivity index (χ4v) is 0.612. The van der Waals surface area contributed by atoms with Crippen molar-refractivity contribution in [1.29, 1.82) is 0 Å². The SMILES string of the molecule is COC1N=NC(C)=C1N. The molecule has 0 aliphatic carbocycles. The summed E-state index contributed by atoms with van der Waals surface area (Å²) in [5.74, 6) is 0. The maximum atomic E-state index is 5.50. The highest BCUT2D eigenvalue weighted by Gasteiger charge is 2.16. The Morgan fingerprint density at radius 2 is 2.33 bits per heavy atom. The number of nitrogens with zero attached hydrogens (tertiary/aromatic N) is 2. The molecule has 1 rings (SSSR count). The number of ether oxygens (including phenoxy) is 1. The fourth-order valence-electron chi connectivity index (χ4n) is 0.612. The molecule has 0 amide bonds. The maximum absolute atomic E-state index is 5.50. The summed E-state index contributed by atoms with van der Waals surface area (Å²) in [6.07, 6.45) is -0.343. The van der Waals surface area contributed by atoms with E-state index >= 15 is 0 Å². The van der Waals surface area contributed by atoms with Crippen molar-refractivity contribution >= 4 is 0 Å². The van der Waals surface area contributed by atoms with Crippen LogP contribution in [0, 0.1) is 0 Å². The Bertz CT molecular complexity index is 173. The number of nitrogens with two attached hydrogens (primary N) is 1. The van der Waals surface area contributed by atoms with Gasteiger partial charge in [-0.15, -0.1) is 5.11 Å². The lowest BCUT2D eigenvalue weighted by molar-refractivity contribution is 0.137. The van der Waals surface area contributed by atoms with Crippen LogP contribution in [0.15, 0.2) is 21.6 Å². The molecular weight excluding hydrogens is 118 g/mol. The van der Waals surface area contributed by atoms with Crippen LogP contribution >= 0.6 is 0 Å². The zero-order chi connectivity index (χ0) is 6.85. The second kappa shape index (κ2) is 2.14. The molecule has 0 saturated heterocycles. The van der Waals surface area contributed by atoms with Gasteiger partial charge in [0.25, 0.3) is 0 Å². The molecular formula is C5H9N3O. The average molecular weight is 127 g/mol. The van der Waals surface area contributed by atoms with Crippen molar-refractivity contribution in [3.05, 3.63) is 11.4 Å². The molecule has 9 heavy (non-hydrogen) atoms. The number of azo groups is 1. The van der Waals surface area contributed by atoms with Crippen molar-refractivity contribution < 1.29 is 4.74 Å². The van der Waals surface area contributed by atoms with Gasteiger partial charge in [-0.2, -0.15) is 5.11 Å². The molecule has 1 heterocycles. The van der Waals surface area contributed by atoms with Gasteiger partial charge < -0.3 is 10.5 Å². The minimum absolute atomic E-state index is 0.343. The van der Waals surface area contributed by atoms with Gasteiger partial charge in [-0.1, -0.05) is 0 Å². The summed E-state index contributed by atoms with van der Waals surface area (Å²) in [7, 11) is 1.55. The number of allylic oxidation sites excluding steroid dienone is 1. The second-order valence-corrected chi connectivity index (χ2v) is 1.84. The Hall–Kier alpha value is -0.900. The monoisotopic (exact) mass is 127 g/mol. The third-order valence-electron chi connectivity index (χ3n) is 1.22. The third-order valence-corrected chi connectivity index (χ3v) is 1.22. The molecule has 0 saturated carbocycles. The summed E-state index contributed by atoms with van der Waals surface area (Å²) in [6, 6.07) is 0. The van der Waals surface area contributed by atoms with E-state index in [1.807, 2.05) is 0 Å². The number of hydrogen-bond donors (Lipinski definition) is 1. The number of methoxy groups -OCH3 is 1. The van der Waals surface area contributed by atoms with Gasteiger partial charge in [0.15, 0.2) is 0 Å². The number of rotatable bonds is 1. The first kappa shape index (κ1) is 6.22. The highest BCUT2D eigenvalue weighted by Crippen LogP contribution is 2.16. The Morgan fingerprint density at radius 3 is 2.56 bits per heavy atom. The minimum Gasteiger partial charge on any atom is -0.397 e. The minimum atomic E-state index is -0.343. The van der Waals surface area contributed by atoms with Crippen molar-refractivity contribution in [2.45, 2.75) is 13.2 Å². The zero-order valence-corrected chi connectivity index (χ0v) is 5.46. The van der Waals surface area contributed by atoms with Gasteiger partial charge >= 0.3 is 0 Å². The van der Waals surface area contributed by atoms with Gasteiger partial charge in [-0.25, -0.2) is 0 Å². The molecule has 1 aliphatic heterocycles. The first-order valence-electron chi connectivity index (χ1n) is 2.65. The van der Waals surface area contributed by atoms with Crippen LogP contribution < -0.4 is 5.73 Å². The van der Waals surface area contributed by atoms with E-state index in [9.17, 15) is 0 Å². The summed E-state index contributed by atoms with van der Waals surface area (Å²) >= 11 is 0. The van der Waals surface area contributed by atoms with E-state index in [4.69, 9.17) is 10.5 Å². The van der Waals surface area contributed by atoms with Crippen molar-refractivity contribution in [3.63, 3.8) is 0 Å². The predicted molar refractivity (Wildman–Crippen MR) is 32.5 cm³/mol. The predicted octanol–water partition coefficient (Wildman–Crippen LogP) is 0.615. The van der Waals surface area contributed by atoms with E-state index in [2.05, 4.69) is 10.2 Å². The zero-order valence-electron chi connectivity index (χ0n) is 5.46. The van der Waals surface area contributed by atoms with E-state index in [1.54, 1.807) is 14.0 Å². The largest absolute Gasteiger partial charge is 0.397 e. The van der Waals surface area contributed by atoms with Crippen LogP contribution in [0.5, 0.6) is 0 Å². The quantitative estimate of drug-likeness (QED) is 0.561. The molecule has 2 N–H and O–H groups in total. The molecule has 0 aromatic rings. The molecule has 0 fully saturated rings. The highest BCUT2D eigenvalue weighted by molar-refractivity contribution is 5.14. The fraction of sp³-hybridized carbons (Fsp3) is 0.600. The van der Waals surface area contributed by atoms with Crippen LogP contribution in [-0.2, 0) is 4.74 Å². The van der Waals surface area contributed by atoms with Crippen LogP contribution in [0.1, 0.15) is 6.92 Å². The van der Waals surface area contributed by atoms with Gasteiger partial charge in [-0.05, 0) is 6.92 Å². The van der Waals surface area contributed by atoms with Gasteiger partial charge in [0.05, 0.1) is 11.4 Å². The van der Waals surface area contributed by atoms with E-state index in [-0.39, 0.29) is 6.23 Å². The van der Waals surface area contributed by atoms with Crippen LogP contribution in [0.3, 0.4) is 0 Å². The van der Waals surface area contributed by atoms with Gasteiger partial charge in [0, 0.05) is 7.11 Å². The van der Waals surface area contributed by atoms with Crippen LogP contribution in [0.25, 0.3) is 0 Å². The molecule has 1 atom stereocenters.